The van der Waals surface area contributed by atoms with E-state index in [0.717, 1.165) is 5.56 Å². The molecule has 1 amide bonds. The first-order valence-corrected chi connectivity index (χ1v) is 5.59. The molecule has 0 aliphatic rings. The van der Waals surface area contributed by atoms with Gasteiger partial charge in [-0.2, -0.15) is 0 Å². The molecule has 0 aliphatic carbocycles. The van der Waals surface area contributed by atoms with Crippen LogP contribution in [0.15, 0.2) is 24.3 Å². The summed E-state index contributed by atoms with van der Waals surface area (Å²) in [6.45, 7) is 4.79. The second-order valence-electron chi connectivity index (χ2n) is 4.33. The van der Waals surface area contributed by atoms with Crippen LogP contribution in [-0.2, 0) is 11.2 Å². The lowest BCUT2D eigenvalue weighted by molar-refractivity contribution is -0.121. The van der Waals surface area contributed by atoms with Gasteiger partial charge in [0, 0.05) is 13.0 Å². The van der Waals surface area contributed by atoms with Gasteiger partial charge >= 0.3 is 0 Å². The number of aryl methyl sites for hydroxylation is 1. The predicted octanol–water partition coefficient (Wildman–Crippen LogP) is 2.53. The van der Waals surface area contributed by atoms with Crippen LogP contribution in [0.4, 0.5) is 4.39 Å². The molecule has 3 heteroatoms. The van der Waals surface area contributed by atoms with E-state index in [1.807, 2.05) is 19.9 Å². The minimum atomic E-state index is -0.250. The smallest absolute Gasteiger partial charge is 0.220 e. The van der Waals surface area contributed by atoms with Crippen LogP contribution in [-0.4, -0.2) is 12.5 Å². The van der Waals surface area contributed by atoms with Gasteiger partial charge in [0.05, 0.1) is 0 Å². The molecule has 0 saturated heterocycles. The summed E-state index contributed by atoms with van der Waals surface area (Å²) < 4.78 is 12.8. The van der Waals surface area contributed by atoms with Gasteiger partial charge in [0.2, 0.25) is 5.91 Å². The maximum Gasteiger partial charge on any atom is 0.220 e. The molecule has 0 spiro atoms. The molecule has 0 fully saturated rings. The summed E-state index contributed by atoms with van der Waals surface area (Å²) in [5, 5.41) is 2.83. The Hall–Kier alpha value is -1.38. The second kappa shape index (κ2) is 6.26. The van der Waals surface area contributed by atoms with E-state index in [4.69, 9.17) is 0 Å². The van der Waals surface area contributed by atoms with Crippen molar-refractivity contribution in [1.29, 1.82) is 0 Å². The van der Waals surface area contributed by atoms with Gasteiger partial charge in [-0.05, 0) is 30.0 Å². The Morgan fingerprint density at radius 1 is 1.44 bits per heavy atom. The minimum absolute atomic E-state index is 0.0259. The van der Waals surface area contributed by atoms with Crippen molar-refractivity contribution in [2.24, 2.45) is 5.92 Å². The summed E-state index contributed by atoms with van der Waals surface area (Å²) >= 11 is 0. The van der Waals surface area contributed by atoms with Crippen LogP contribution in [0.25, 0.3) is 0 Å². The van der Waals surface area contributed by atoms with E-state index in [0.29, 0.717) is 25.3 Å². The van der Waals surface area contributed by atoms with Crippen LogP contribution in [0.3, 0.4) is 0 Å². The first-order chi connectivity index (χ1) is 7.58. The summed E-state index contributed by atoms with van der Waals surface area (Å²) in [7, 11) is 0. The van der Waals surface area contributed by atoms with Crippen molar-refractivity contribution in [3.05, 3.63) is 35.6 Å². The molecule has 0 saturated carbocycles. The lowest BCUT2D eigenvalue weighted by atomic mass is 10.1. The lowest BCUT2D eigenvalue weighted by Crippen LogP contribution is -2.27. The molecule has 1 aromatic carbocycles. The molecule has 0 aromatic heterocycles. The average Bonchev–Trinajstić information content (AvgIpc) is 2.23. The van der Waals surface area contributed by atoms with Crippen molar-refractivity contribution < 1.29 is 9.18 Å². The predicted molar refractivity (Wildman–Crippen MR) is 62.6 cm³/mol. The molecular weight excluding hydrogens is 205 g/mol. The summed E-state index contributed by atoms with van der Waals surface area (Å²) in [5.74, 6) is 0.233. The van der Waals surface area contributed by atoms with E-state index in [1.165, 1.54) is 12.1 Å². The van der Waals surface area contributed by atoms with Crippen molar-refractivity contribution in [2.45, 2.75) is 26.7 Å². The van der Waals surface area contributed by atoms with Crippen molar-refractivity contribution in [3.8, 4) is 0 Å². The van der Waals surface area contributed by atoms with Crippen LogP contribution in [0.1, 0.15) is 25.8 Å². The maximum atomic E-state index is 12.8. The largest absolute Gasteiger partial charge is 0.356 e. The second-order valence-corrected chi connectivity index (χ2v) is 4.33. The van der Waals surface area contributed by atoms with E-state index < -0.39 is 0 Å². The van der Waals surface area contributed by atoms with Crippen molar-refractivity contribution >= 4 is 5.91 Å². The van der Waals surface area contributed by atoms with Gasteiger partial charge in [-0.3, -0.25) is 4.79 Å². The maximum absolute atomic E-state index is 12.8. The zero-order valence-electron chi connectivity index (χ0n) is 9.79. The van der Waals surface area contributed by atoms with E-state index in [-0.39, 0.29) is 11.7 Å². The third kappa shape index (κ3) is 4.91. The number of halogens is 1. The Kier molecular flexibility index (Phi) is 4.96. The number of rotatable bonds is 5. The third-order valence-electron chi connectivity index (χ3n) is 2.24. The Morgan fingerprint density at radius 3 is 2.81 bits per heavy atom. The van der Waals surface area contributed by atoms with Gasteiger partial charge in [-0.15, -0.1) is 0 Å². The standard InChI is InChI=1S/C13H18FNO/c1-10(2)9-15-13(16)7-6-11-4-3-5-12(14)8-11/h3-5,8,10H,6-7,9H2,1-2H3,(H,15,16). The van der Waals surface area contributed by atoms with Crippen LogP contribution in [0, 0.1) is 11.7 Å². The number of carbonyl (C=O) groups is 1. The first kappa shape index (κ1) is 12.7. The van der Waals surface area contributed by atoms with Crippen LogP contribution >= 0.6 is 0 Å². The Labute approximate surface area is 95.9 Å². The molecule has 2 nitrogen and oxygen atoms in total. The highest BCUT2D eigenvalue weighted by Gasteiger charge is 2.03. The number of amides is 1. The topological polar surface area (TPSA) is 29.1 Å². The molecule has 1 rings (SSSR count). The van der Waals surface area contributed by atoms with Crippen molar-refractivity contribution in [1.82, 2.24) is 5.32 Å². The first-order valence-electron chi connectivity index (χ1n) is 5.59. The number of benzene rings is 1. The van der Waals surface area contributed by atoms with Crippen LogP contribution in [0.5, 0.6) is 0 Å². The van der Waals surface area contributed by atoms with Gasteiger partial charge in [0.15, 0.2) is 0 Å². The normalized spacial score (nSPS) is 10.5. The summed E-state index contributed by atoms with van der Waals surface area (Å²) in [5.41, 5.74) is 0.861. The van der Waals surface area contributed by atoms with Gasteiger partial charge in [0.1, 0.15) is 5.82 Å². The van der Waals surface area contributed by atoms with Gasteiger partial charge < -0.3 is 5.32 Å². The van der Waals surface area contributed by atoms with E-state index in [2.05, 4.69) is 5.32 Å². The fourth-order valence-electron chi connectivity index (χ4n) is 1.36. The van der Waals surface area contributed by atoms with Gasteiger partial charge in [0.25, 0.3) is 0 Å². The molecule has 0 aliphatic heterocycles. The van der Waals surface area contributed by atoms with Crippen LogP contribution in [0.2, 0.25) is 0 Å². The highest BCUT2D eigenvalue weighted by atomic mass is 19.1. The third-order valence-corrected chi connectivity index (χ3v) is 2.24. The molecule has 0 heterocycles. The SMILES string of the molecule is CC(C)CNC(=O)CCc1cccc(F)c1. The number of nitrogens with one attached hydrogen (secondary N) is 1. The quantitative estimate of drug-likeness (QED) is 0.816. The summed E-state index contributed by atoms with van der Waals surface area (Å²) in [4.78, 5) is 11.4. The highest BCUT2D eigenvalue weighted by molar-refractivity contribution is 5.76. The number of hydrogen-bond donors (Lipinski definition) is 1. The zero-order valence-corrected chi connectivity index (χ0v) is 9.79. The molecule has 16 heavy (non-hydrogen) atoms. The van der Waals surface area contributed by atoms with Crippen LogP contribution < -0.4 is 5.32 Å². The molecule has 0 bridgehead atoms. The zero-order chi connectivity index (χ0) is 12.0. The fourth-order valence-corrected chi connectivity index (χ4v) is 1.36. The van der Waals surface area contributed by atoms with E-state index in [1.54, 1.807) is 6.07 Å². The number of carbonyl (C=O) groups excluding carboxylic acids is 1. The van der Waals surface area contributed by atoms with Gasteiger partial charge in [-0.1, -0.05) is 26.0 Å². The molecule has 1 N–H and O–H groups in total. The minimum Gasteiger partial charge on any atom is -0.356 e. The number of hydrogen-bond acceptors (Lipinski definition) is 1. The highest BCUT2D eigenvalue weighted by Crippen LogP contribution is 2.06. The Bertz CT molecular complexity index is 350. The molecule has 0 unspecified atom stereocenters. The van der Waals surface area contributed by atoms with E-state index >= 15 is 0 Å². The van der Waals surface area contributed by atoms with Crippen molar-refractivity contribution in [2.75, 3.05) is 6.54 Å². The Morgan fingerprint density at radius 2 is 2.19 bits per heavy atom. The van der Waals surface area contributed by atoms with Gasteiger partial charge in [-0.25, -0.2) is 4.39 Å². The van der Waals surface area contributed by atoms with Crippen molar-refractivity contribution in [3.63, 3.8) is 0 Å². The lowest BCUT2D eigenvalue weighted by Gasteiger charge is -2.07. The molecular formula is C13H18FNO. The summed E-state index contributed by atoms with van der Waals surface area (Å²) in [6.07, 6.45) is 0.998. The fraction of sp³-hybridized carbons (Fsp3) is 0.462. The van der Waals surface area contributed by atoms with E-state index in [9.17, 15) is 9.18 Å². The molecule has 0 atom stereocenters. The Balaban J connectivity index is 2.31. The molecule has 1 aromatic rings. The molecule has 88 valence electrons. The molecule has 0 radical (unpaired) electrons. The summed E-state index contributed by atoms with van der Waals surface area (Å²) in [6, 6.07) is 6.37. The monoisotopic (exact) mass is 223 g/mol. The average molecular weight is 223 g/mol.